The normalized spacial score (nSPS) is 16.3. The molecule has 1 saturated heterocycles. The number of nitrogens with one attached hydrogen (secondary N) is 1. The number of carbonyl (C=O) groups is 3. The molecular weight excluding hydrogens is 458 g/mol. The third-order valence-corrected chi connectivity index (χ3v) is 7.38. The van der Waals surface area contributed by atoms with Crippen LogP contribution in [0.15, 0.2) is 53.4 Å². The summed E-state index contributed by atoms with van der Waals surface area (Å²) >= 11 is 0. The lowest BCUT2D eigenvalue weighted by Crippen LogP contribution is -2.48. The van der Waals surface area contributed by atoms with E-state index in [9.17, 15) is 22.8 Å². The van der Waals surface area contributed by atoms with Gasteiger partial charge in [0.2, 0.25) is 10.0 Å². The lowest BCUT2D eigenvalue weighted by molar-refractivity contribution is -0.152. The van der Waals surface area contributed by atoms with Crippen LogP contribution in [0.3, 0.4) is 0 Å². The molecule has 0 aromatic heterocycles. The largest absolute Gasteiger partial charge is 0.454 e. The maximum Gasteiger partial charge on any atom is 0.324 e. The number of piperidine rings is 1. The zero-order chi connectivity index (χ0) is 24.7. The fraction of sp³-hybridized carbons (Fsp3) is 0.333. The molecular formula is C24H25N3O6S. The van der Waals surface area contributed by atoms with Crippen LogP contribution >= 0.6 is 0 Å². The second-order valence-corrected chi connectivity index (χ2v) is 9.79. The highest BCUT2D eigenvalue weighted by Gasteiger charge is 2.38. The number of anilines is 1. The van der Waals surface area contributed by atoms with Gasteiger partial charge in [0.15, 0.2) is 12.4 Å². The lowest BCUT2D eigenvalue weighted by atomic mass is 10.1. The van der Waals surface area contributed by atoms with Crippen LogP contribution in [-0.2, 0) is 30.8 Å². The van der Waals surface area contributed by atoms with Crippen LogP contribution in [0, 0.1) is 11.3 Å². The molecule has 0 saturated carbocycles. The lowest BCUT2D eigenvalue weighted by Gasteiger charge is -2.33. The molecule has 10 heteroatoms. The van der Waals surface area contributed by atoms with Gasteiger partial charge in [-0.25, -0.2) is 8.42 Å². The Hall–Kier alpha value is -3.55. The van der Waals surface area contributed by atoms with Crippen LogP contribution in [0.1, 0.15) is 42.1 Å². The first-order valence-corrected chi connectivity index (χ1v) is 12.2. The van der Waals surface area contributed by atoms with E-state index in [2.05, 4.69) is 5.32 Å². The summed E-state index contributed by atoms with van der Waals surface area (Å²) < 4.78 is 32.6. The molecule has 0 radical (unpaired) electrons. The van der Waals surface area contributed by atoms with Gasteiger partial charge >= 0.3 is 5.97 Å². The third-order valence-electron chi connectivity index (χ3n) is 5.46. The van der Waals surface area contributed by atoms with Crippen LogP contribution in [0.2, 0.25) is 0 Å². The van der Waals surface area contributed by atoms with Gasteiger partial charge in [-0.2, -0.15) is 9.57 Å². The molecule has 2 aromatic carbocycles. The SMILES string of the molecule is CC(=O)c1ccc(S(=O)(=O)N2CCCCC2C(=O)OCC(=O)Nc2ccc(CC#N)cc2)cc1. The second kappa shape index (κ2) is 11.0. The topological polar surface area (TPSA) is 134 Å². The van der Waals surface area contributed by atoms with Crippen molar-refractivity contribution >= 4 is 33.4 Å². The molecule has 2 aromatic rings. The zero-order valence-electron chi connectivity index (χ0n) is 18.7. The first kappa shape index (κ1) is 25.1. The van der Waals surface area contributed by atoms with Crippen molar-refractivity contribution in [2.75, 3.05) is 18.5 Å². The Labute approximate surface area is 198 Å². The molecule has 1 fully saturated rings. The van der Waals surface area contributed by atoms with Crippen molar-refractivity contribution in [3.63, 3.8) is 0 Å². The standard InChI is InChI=1S/C24H25N3O6S/c1-17(28)19-7-11-21(12-8-19)34(31,32)27-15-3-2-4-22(27)24(30)33-16-23(29)26-20-9-5-18(6-10-20)13-14-25/h5-12,22H,2-4,13,15-16H2,1H3,(H,26,29). The highest BCUT2D eigenvalue weighted by Crippen LogP contribution is 2.26. The van der Waals surface area contributed by atoms with Crippen LogP contribution < -0.4 is 5.32 Å². The Morgan fingerprint density at radius 2 is 1.76 bits per heavy atom. The number of ether oxygens (including phenoxy) is 1. The van der Waals surface area contributed by atoms with E-state index in [1.165, 1.54) is 31.2 Å². The van der Waals surface area contributed by atoms with Crippen molar-refractivity contribution in [3.05, 3.63) is 59.7 Å². The number of nitriles is 1. The number of carbonyl (C=O) groups excluding carboxylic acids is 3. The average Bonchev–Trinajstić information content (AvgIpc) is 2.84. The molecule has 1 heterocycles. The number of ketones is 1. The van der Waals surface area contributed by atoms with E-state index in [4.69, 9.17) is 10.00 Å². The monoisotopic (exact) mass is 483 g/mol. The van der Waals surface area contributed by atoms with Gasteiger partial charge in [0.05, 0.1) is 17.4 Å². The Morgan fingerprint density at radius 3 is 2.38 bits per heavy atom. The van der Waals surface area contributed by atoms with Crippen molar-refractivity contribution in [1.29, 1.82) is 5.26 Å². The first-order valence-electron chi connectivity index (χ1n) is 10.8. The van der Waals surface area contributed by atoms with E-state index in [1.807, 2.05) is 6.07 Å². The second-order valence-electron chi connectivity index (χ2n) is 7.90. The van der Waals surface area contributed by atoms with E-state index < -0.39 is 34.5 Å². The number of hydrogen-bond acceptors (Lipinski definition) is 7. The molecule has 1 amide bonds. The Bertz CT molecular complexity index is 1200. The summed E-state index contributed by atoms with van der Waals surface area (Å²) in [6, 6.07) is 13.2. The number of esters is 1. The summed E-state index contributed by atoms with van der Waals surface area (Å²) in [6.45, 7) is 0.981. The first-order chi connectivity index (χ1) is 16.2. The van der Waals surface area contributed by atoms with Gasteiger partial charge in [0, 0.05) is 17.8 Å². The predicted molar refractivity (Wildman–Crippen MR) is 123 cm³/mol. The van der Waals surface area contributed by atoms with Gasteiger partial charge in [0.1, 0.15) is 6.04 Å². The Balaban J connectivity index is 1.63. The number of amides is 1. The molecule has 0 spiro atoms. The van der Waals surface area contributed by atoms with Gasteiger partial charge in [-0.3, -0.25) is 14.4 Å². The molecule has 3 rings (SSSR count). The molecule has 1 atom stereocenters. The zero-order valence-corrected chi connectivity index (χ0v) is 19.5. The maximum atomic E-state index is 13.2. The summed E-state index contributed by atoms with van der Waals surface area (Å²) in [7, 11) is -4.00. The van der Waals surface area contributed by atoms with Crippen LogP contribution in [0.25, 0.3) is 0 Å². The van der Waals surface area contributed by atoms with E-state index >= 15 is 0 Å². The smallest absolute Gasteiger partial charge is 0.324 e. The molecule has 0 bridgehead atoms. The van der Waals surface area contributed by atoms with Gasteiger partial charge < -0.3 is 10.1 Å². The van der Waals surface area contributed by atoms with Gasteiger partial charge in [-0.1, -0.05) is 24.3 Å². The molecule has 34 heavy (non-hydrogen) atoms. The fourth-order valence-electron chi connectivity index (χ4n) is 3.65. The van der Waals surface area contributed by atoms with Gasteiger partial charge in [-0.15, -0.1) is 0 Å². The molecule has 0 aliphatic carbocycles. The number of Topliss-reactive ketones (excluding diaryl/α,β-unsaturated/α-hetero) is 1. The molecule has 1 aliphatic heterocycles. The van der Waals surface area contributed by atoms with Gasteiger partial charge in [0.25, 0.3) is 5.91 Å². The average molecular weight is 484 g/mol. The number of benzene rings is 2. The quantitative estimate of drug-likeness (QED) is 0.451. The fourth-order valence-corrected chi connectivity index (χ4v) is 5.30. The molecule has 1 unspecified atom stereocenters. The van der Waals surface area contributed by atoms with Crippen molar-refractivity contribution in [2.24, 2.45) is 0 Å². The van der Waals surface area contributed by atoms with Crippen molar-refractivity contribution < 1.29 is 27.5 Å². The van der Waals surface area contributed by atoms with Crippen molar-refractivity contribution in [2.45, 2.75) is 43.5 Å². The molecule has 1 aliphatic rings. The van der Waals surface area contributed by atoms with Crippen molar-refractivity contribution in [1.82, 2.24) is 4.31 Å². The summed E-state index contributed by atoms with van der Waals surface area (Å²) in [4.78, 5) is 36.4. The minimum absolute atomic E-state index is 0.0187. The van der Waals surface area contributed by atoms with E-state index in [1.54, 1.807) is 24.3 Å². The van der Waals surface area contributed by atoms with Gasteiger partial charge in [-0.05, 0) is 56.0 Å². The van der Waals surface area contributed by atoms with Crippen LogP contribution in [0.4, 0.5) is 5.69 Å². The number of hydrogen-bond donors (Lipinski definition) is 1. The van der Waals surface area contributed by atoms with Crippen molar-refractivity contribution in [3.8, 4) is 6.07 Å². The molecule has 9 nitrogen and oxygen atoms in total. The molecule has 178 valence electrons. The highest BCUT2D eigenvalue weighted by molar-refractivity contribution is 7.89. The Morgan fingerprint density at radius 1 is 1.09 bits per heavy atom. The number of rotatable bonds is 8. The highest BCUT2D eigenvalue weighted by atomic mass is 32.2. The summed E-state index contributed by atoms with van der Waals surface area (Å²) in [5.41, 5.74) is 1.68. The Kier molecular flexibility index (Phi) is 8.15. The maximum absolute atomic E-state index is 13.2. The summed E-state index contributed by atoms with van der Waals surface area (Å²) in [5.74, 6) is -1.53. The summed E-state index contributed by atoms with van der Waals surface area (Å²) in [6.07, 6.45) is 1.78. The minimum atomic E-state index is -4.00. The summed E-state index contributed by atoms with van der Waals surface area (Å²) in [5, 5.41) is 11.3. The minimum Gasteiger partial charge on any atom is -0.454 e. The molecule has 1 N–H and O–H groups in total. The van der Waals surface area contributed by atoms with E-state index in [-0.39, 0.29) is 30.1 Å². The predicted octanol–water partition coefficient (Wildman–Crippen LogP) is 2.68. The van der Waals surface area contributed by atoms with Crippen LogP contribution in [0.5, 0.6) is 0 Å². The number of sulfonamides is 1. The van der Waals surface area contributed by atoms with E-state index in [0.29, 0.717) is 24.1 Å². The number of nitrogens with zero attached hydrogens (tertiary/aromatic N) is 2. The van der Waals surface area contributed by atoms with E-state index in [0.717, 1.165) is 9.87 Å². The third kappa shape index (κ3) is 6.07. The van der Waals surface area contributed by atoms with Crippen LogP contribution in [-0.4, -0.2) is 49.6 Å².